The Morgan fingerprint density at radius 1 is 1.23 bits per heavy atom. The largest absolute Gasteiger partial charge is 0.384 e. The van der Waals surface area contributed by atoms with Crippen molar-refractivity contribution in [3.8, 4) is 0 Å². The maximum absolute atomic E-state index is 13.3. The predicted molar refractivity (Wildman–Crippen MR) is 73.0 cm³/mol. The highest BCUT2D eigenvalue weighted by Gasteiger charge is 2.45. The van der Waals surface area contributed by atoms with Gasteiger partial charge in [0.1, 0.15) is 15.9 Å². The maximum Gasteiger partial charge on any atom is 0.281 e. The fourth-order valence-electron chi connectivity index (χ4n) is 2.33. The van der Waals surface area contributed by atoms with E-state index in [0.717, 1.165) is 0 Å². The first-order chi connectivity index (χ1) is 9.91. The van der Waals surface area contributed by atoms with Crippen molar-refractivity contribution in [3.05, 3.63) is 0 Å². The van der Waals surface area contributed by atoms with Crippen LogP contribution in [0.2, 0.25) is 0 Å². The Bertz CT molecular complexity index is 433. The minimum atomic E-state index is -3.92. The fourth-order valence-corrected chi connectivity index (χ4v) is 3.92. The molecule has 0 aromatic heterocycles. The van der Waals surface area contributed by atoms with Gasteiger partial charge in [0, 0.05) is 6.61 Å². The molecule has 1 N–H and O–H groups in total. The number of rotatable bonds is 8. The Balaban J connectivity index is 2.24. The molecule has 1 rings (SSSR count). The van der Waals surface area contributed by atoms with E-state index in [2.05, 4.69) is 0 Å². The summed E-state index contributed by atoms with van der Waals surface area (Å²) in [5, 5.41) is 9.26. The molecule has 22 heavy (non-hydrogen) atoms. The van der Waals surface area contributed by atoms with Gasteiger partial charge >= 0.3 is 0 Å². The van der Waals surface area contributed by atoms with Crippen molar-refractivity contribution in [2.45, 2.75) is 50.6 Å². The van der Waals surface area contributed by atoms with Gasteiger partial charge in [0.15, 0.2) is 0 Å². The van der Waals surface area contributed by atoms with E-state index in [4.69, 9.17) is 4.74 Å². The summed E-state index contributed by atoms with van der Waals surface area (Å²) in [4.78, 5) is 0. The predicted octanol–water partition coefficient (Wildman–Crippen LogP) is 2.26. The molecule has 4 nitrogen and oxygen atoms in total. The lowest BCUT2D eigenvalue weighted by molar-refractivity contribution is -0.175. The highest BCUT2D eigenvalue weighted by atomic mass is 32.2. The van der Waals surface area contributed by atoms with Crippen LogP contribution in [0.25, 0.3) is 0 Å². The molecular weight excluding hydrogens is 328 g/mol. The molecular formula is C13H22F4O4S. The van der Waals surface area contributed by atoms with E-state index in [1.807, 2.05) is 0 Å². The molecule has 0 amide bonds. The zero-order valence-corrected chi connectivity index (χ0v) is 13.2. The molecule has 1 unspecified atom stereocenters. The van der Waals surface area contributed by atoms with Gasteiger partial charge in [-0.2, -0.15) is 0 Å². The normalized spacial score (nSPS) is 21.7. The van der Waals surface area contributed by atoms with Crippen molar-refractivity contribution in [1.82, 2.24) is 0 Å². The second kappa shape index (κ2) is 7.44. The summed E-state index contributed by atoms with van der Waals surface area (Å²) < 4.78 is 79.2. The first-order valence-corrected chi connectivity index (χ1v) is 8.95. The molecule has 132 valence electrons. The first-order valence-electron chi connectivity index (χ1n) is 7.13. The summed E-state index contributed by atoms with van der Waals surface area (Å²) >= 11 is 0. The summed E-state index contributed by atoms with van der Waals surface area (Å²) in [5.41, 5.74) is 0. The Morgan fingerprint density at radius 3 is 2.27 bits per heavy atom. The van der Waals surface area contributed by atoms with Crippen LogP contribution in [-0.2, 0) is 14.6 Å². The van der Waals surface area contributed by atoms with E-state index in [9.17, 15) is 31.1 Å². The van der Waals surface area contributed by atoms with Crippen molar-refractivity contribution in [3.63, 3.8) is 0 Å². The van der Waals surface area contributed by atoms with Gasteiger partial charge in [-0.15, -0.1) is 0 Å². The molecule has 0 saturated carbocycles. The smallest absolute Gasteiger partial charge is 0.281 e. The monoisotopic (exact) mass is 350 g/mol. The average molecular weight is 350 g/mol. The summed E-state index contributed by atoms with van der Waals surface area (Å²) in [6.07, 6.45) is -2.51. The molecule has 1 aliphatic rings. The maximum atomic E-state index is 13.3. The summed E-state index contributed by atoms with van der Waals surface area (Å²) in [7, 11) is -2.95. The molecule has 1 fully saturated rings. The molecule has 1 atom stereocenters. The molecule has 0 aromatic rings. The van der Waals surface area contributed by atoms with Crippen LogP contribution in [0.1, 0.15) is 32.6 Å². The van der Waals surface area contributed by atoms with E-state index < -0.39 is 40.8 Å². The van der Waals surface area contributed by atoms with Crippen LogP contribution in [0.5, 0.6) is 0 Å². The van der Waals surface area contributed by atoms with E-state index in [1.54, 1.807) is 0 Å². The van der Waals surface area contributed by atoms with Crippen LogP contribution in [0.3, 0.4) is 0 Å². The summed E-state index contributed by atoms with van der Waals surface area (Å²) in [6, 6.07) is 0. The van der Waals surface area contributed by atoms with Gasteiger partial charge in [-0.05, 0) is 32.1 Å². The number of halogens is 4. The number of ether oxygens (including phenoxy) is 1. The molecule has 0 spiro atoms. The number of sulfone groups is 1. The second-order valence-corrected chi connectivity index (χ2v) is 8.29. The van der Waals surface area contributed by atoms with Gasteiger partial charge in [-0.1, -0.05) is 0 Å². The van der Waals surface area contributed by atoms with Crippen LogP contribution >= 0.6 is 0 Å². The standard InChI is InChI=1S/C13H22F4O4S/c1-12(14,15)9-13(16,17)11(18)8-21-5-2-10-3-6-22(19,20)7-4-10/h10-11,18H,2-9H2,1H3. The van der Waals surface area contributed by atoms with E-state index >= 15 is 0 Å². The third-order valence-corrected chi connectivity index (χ3v) is 5.37. The van der Waals surface area contributed by atoms with Crippen LogP contribution < -0.4 is 0 Å². The summed E-state index contributed by atoms with van der Waals surface area (Å²) in [5.74, 6) is -7.12. The average Bonchev–Trinajstić information content (AvgIpc) is 2.33. The number of hydrogen-bond donors (Lipinski definition) is 1. The van der Waals surface area contributed by atoms with E-state index in [1.165, 1.54) is 0 Å². The van der Waals surface area contributed by atoms with Crippen molar-refractivity contribution >= 4 is 9.84 Å². The summed E-state index contributed by atoms with van der Waals surface area (Å²) in [6.45, 7) is -0.278. The van der Waals surface area contributed by atoms with Crippen molar-refractivity contribution in [2.24, 2.45) is 5.92 Å². The van der Waals surface area contributed by atoms with Crippen molar-refractivity contribution in [2.75, 3.05) is 24.7 Å². The molecule has 1 saturated heterocycles. The lowest BCUT2D eigenvalue weighted by atomic mass is 9.99. The molecule has 9 heteroatoms. The minimum absolute atomic E-state index is 0.0837. The van der Waals surface area contributed by atoms with Gasteiger partial charge in [0.2, 0.25) is 0 Å². The Morgan fingerprint density at radius 2 is 1.77 bits per heavy atom. The van der Waals surface area contributed by atoms with Gasteiger partial charge in [-0.3, -0.25) is 0 Å². The number of hydrogen-bond acceptors (Lipinski definition) is 4. The number of aliphatic hydroxyl groups is 1. The van der Waals surface area contributed by atoms with Crippen molar-refractivity contribution in [1.29, 1.82) is 0 Å². The minimum Gasteiger partial charge on any atom is -0.384 e. The quantitative estimate of drug-likeness (QED) is 0.539. The van der Waals surface area contributed by atoms with E-state index in [0.29, 0.717) is 26.2 Å². The topological polar surface area (TPSA) is 63.6 Å². The third-order valence-electron chi connectivity index (χ3n) is 3.65. The Hall–Kier alpha value is -0.410. The number of aliphatic hydroxyl groups excluding tert-OH is 1. The van der Waals surface area contributed by atoms with Gasteiger partial charge in [0.25, 0.3) is 11.8 Å². The van der Waals surface area contributed by atoms with Gasteiger partial charge < -0.3 is 9.84 Å². The lowest BCUT2D eigenvalue weighted by Gasteiger charge is -2.25. The van der Waals surface area contributed by atoms with Gasteiger partial charge in [-0.25, -0.2) is 26.0 Å². The fraction of sp³-hybridized carbons (Fsp3) is 1.00. The molecule has 0 aromatic carbocycles. The van der Waals surface area contributed by atoms with E-state index in [-0.39, 0.29) is 24.0 Å². The molecule has 1 heterocycles. The molecule has 0 radical (unpaired) electrons. The molecule has 0 bridgehead atoms. The lowest BCUT2D eigenvalue weighted by Crippen LogP contribution is -2.41. The highest BCUT2D eigenvalue weighted by molar-refractivity contribution is 7.91. The highest BCUT2D eigenvalue weighted by Crippen LogP contribution is 2.32. The number of alkyl halides is 4. The van der Waals surface area contributed by atoms with Gasteiger partial charge in [0.05, 0.1) is 24.5 Å². The Kier molecular flexibility index (Phi) is 6.64. The van der Waals surface area contributed by atoms with Crippen LogP contribution in [0.15, 0.2) is 0 Å². The van der Waals surface area contributed by atoms with Crippen molar-refractivity contribution < 1.29 is 35.8 Å². The zero-order valence-electron chi connectivity index (χ0n) is 12.4. The molecule has 1 aliphatic heterocycles. The van der Waals surface area contributed by atoms with Crippen LogP contribution in [-0.4, -0.2) is 56.2 Å². The van der Waals surface area contributed by atoms with Crippen LogP contribution in [0, 0.1) is 5.92 Å². The SMILES string of the molecule is CC(F)(F)CC(F)(F)C(O)COCCC1CCS(=O)(=O)CC1. The third kappa shape index (κ3) is 7.23. The zero-order chi connectivity index (χ0) is 17.0. The Labute approximate surface area is 127 Å². The second-order valence-electron chi connectivity index (χ2n) is 5.98. The first kappa shape index (κ1) is 19.6. The molecule has 0 aliphatic carbocycles. The van der Waals surface area contributed by atoms with Crippen LogP contribution in [0.4, 0.5) is 17.6 Å².